The minimum Gasteiger partial charge on any atom is -0.489 e. The summed E-state index contributed by atoms with van der Waals surface area (Å²) in [5, 5.41) is 6.23. The zero-order valence-electron chi connectivity index (χ0n) is 20.8. The Bertz CT molecular complexity index is 1060. The van der Waals surface area contributed by atoms with Crippen molar-refractivity contribution < 1.29 is 27.5 Å². The molecular weight excluding hydrogens is 473 g/mol. The van der Waals surface area contributed by atoms with Crippen LogP contribution in [-0.2, 0) is 17.5 Å². The van der Waals surface area contributed by atoms with Crippen LogP contribution in [0.5, 0.6) is 5.75 Å². The fourth-order valence-electron chi connectivity index (χ4n) is 4.03. The molecule has 1 aliphatic heterocycles. The van der Waals surface area contributed by atoms with Gasteiger partial charge in [-0.25, -0.2) is 0 Å². The number of hydrogen-bond acceptors (Lipinski definition) is 5. The number of likely N-dealkylation sites (N-methyl/N-ethyl adjacent to an activating group) is 1. The Morgan fingerprint density at radius 1 is 1.17 bits per heavy atom. The number of para-hydroxylation sites is 1. The second kappa shape index (κ2) is 12.1. The van der Waals surface area contributed by atoms with E-state index in [-0.39, 0.29) is 43.1 Å². The average molecular weight is 507 g/mol. The van der Waals surface area contributed by atoms with Crippen molar-refractivity contribution in [3.63, 3.8) is 0 Å². The normalized spacial score (nSPS) is 13.8. The molecular formula is C26H33F3N4O3. The number of hydrogen-bond donors (Lipinski definition) is 2. The summed E-state index contributed by atoms with van der Waals surface area (Å²) in [6.45, 7) is 7.45. The molecule has 7 nitrogen and oxygen atoms in total. The van der Waals surface area contributed by atoms with Gasteiger partial charge in [-0.2, -0.15) is 13.2 Å². The van der Waals surface area contributed by atoms with Crippen molar-refractivity contribution in [2.75, 3.05) is 44.6 Å². The van der Waals surface area contributed by atoms with Crippen LogP contribution in [0.1, 0.15) is 42.3 Å². The number of halogens is 3. The molecule has 10 heteroatoms. The van der Waals surface area contributed by atoms with Crippen molar-refractivity contribution in [3.05, 3.63) is 59.2 Å². The third-order valence-corrected chi connectivity index (χ3v) is 5.92. The number of alkyl halides is 3. The van der Waals surface area contributed by atoms with E-state index in [4.69, 9.17) is 4.74 Å². The number of nitrogens with one attached hydrogen (secondary N) is 2. The lowest BCUT2D eigenvalue weighted by atomic mass is 10.1. The molecule has 196 valence electrons. The van der Waals surface area contributed by atoms with Gasteiger partial charge in [0.1, 0.15) is 6.61 Å². The predicted octanol–water partition coefficient (Wildman–Crippen LogP) is 4.00. The number of carbonyl (C=O) groups excluding carboxylic acids is 2. The maximum Gasteiger partial charge on any atom is 0.416 e. The first kappa shape index (κ1) is 27.3. The Hall–Kier alpha value is -3.27. The smallest absolute Gasteiger partial charge is 0.416 e. The fourth-order valence-corrected chi connectivity index (χ4v) is 4.03. The van der Waals surface area contributed by atoms with Crippen LogP contribution in [0.4, 0.5) is 18.9 Å². The highest BCUT2D eigenvalue weighted by atomic mass is 19.4. The molecule has 1 aliphatic rings. The first-order chi connectivity index (χ1) is 17.1. The van der Waals surface area contributed by atoms with Crippen LogP contribution in [0.25, 0.3) is 0 Å². The number of anilines is 1. The van der Waals surface area contributed by atoms with Crippen molar-refractivity contribution in [2.45, 2.75) is 39.5 Å². The maximum atomic E-state index is 13.5. The molecule has 3 rings (SSSR count). The van der Waals surface area contributed by atoms with Crippen LogP contribution in [0, 0.1) is 0 Å². The molecule has 0 aromatic heterocycles. The summed E-state index contributed by atoms with van der Waals surface area (Å²) in [7, 11) is 0. The molecule has 0 unspecified atom stereocenters. The number of ether oxygens (including phenoxy) is 1. The summed E-state index contributed by atoms with van der Waals surface area (Å²) in [5.41, 5.74) is 0.172. The minimum atomic E-state index is -4.52. The van der Waals surface area contributed by atoms with E-state index in [0.29, 0.717) is 43.2 Å². The Labute approximate surface area is 209 Å². The third kappa shape index (κ3) is 6.90. The van der Waals surface area contributed by atoms with Gasteiger partial charge in [0.25, 0.3) is 5.91 Å². The van der Waals surface area contributed by atoms with Crippen LogP contribution in [0.3, 0.4) is 0 Å². The lowest BCUT2D eigenvalue weighted by Crippen LogP contribution is -2.41. The number of carbonyl (C=O) groups is 2. The van der Waals surface area contributed by atoms with E-state index >= 15 is 0 Å². The van der Waals surface area contributed by atoms with Gasteiger partial charge in [-0.1, -0.05) is 38.1 Å². The number of fused-ring (bicyclic) bond motifs is 1. The molecule has 2 aromatic rings. The van der Waals surface area contributed by atoms with Gasteiger partial charge in [0.05, 0.1) is 29.9 Å². The summed E-state index contributed by atoms with van der Waals surface area (Å²) in [4.78, 5) is 29.1. The molecule has 0 aliphatic carbocycles. The van der Waals surface area contributed by atoms with Crippen LogP contribution in [0.15, 0.2) is 42.5 Å². The molecule has 2 N–H and O–H groups in total. The number of amides is 2. The van der Waals surface area contributed by atoms with E-state index in [9.17, 15) is 22.8 Å². The SMILES string of the molecule is CCN1CCOc2c(NCC(=O)N(CCNC(C)C)Cc3ccccc3C(F)(F)F)cccc2C1=O. The maximum absolute atomic E-state index is 13.5. The summed E-state index contributed by atoms with van der Waals surface area (Å²) < 4.78 is 46.4. The van der Waals surface area contributed by atoms with E-state index in [1.807, 2.05) is 20.8 Å². The molecule has 1 heterocycles. The molecule has 2 amide bonds. The van der Waals surface area contributed by atoms with Gasteiger partial charge < -0.3 is 25.2 Å². The van der Waals surface area contributed by atoms with Crippen molar-refractivity contribution in [1.29, 1.82) is 0 Å². The summed E-state index contributed by atoms with van der Waals surface area (Å²) in [5.74, 6) is -0.142. The molecule has 0 atom stereocenters. The monoisotopic (exact) mass is 506 g/mol. The van der Waals surface area contributed by atoms with E-state index in [0.717, 1.165) is 6.07 Å². The van der Waals surface area contributed by atoms with Crippen LogP contribution >= 0.6 is 0 Å². The first-order valence-corrected chi connectivity index (χ1v) is 12.1. The Morgan fingerprint density at radius 3 is 2.61 bits per heavy atom. The lowest BCUT2D eigenvalue weighted by molar-refractivity contribution is -0.139. The van der Waals surface area contributed by atoms with Crippen LogP contribution in [0.2, 0.25) is 0 Å². The highest BCUT2D eigenvalue weighted by molar-refractivity contribution is 5.99. The molecule has 2 aromatic carbocycles. The van der Waals surface area contributed by atoms with Gasteiger partial charge in [-0.3, -0.25) is 9.59 Å². The minimum absolute atomic E-state index is 0.0325. The van der Waals surface area contributed by atoms with Gasteiger partial charge >= 0.3 is 6.18 Å². The van der Waals surface area contributed by atoms with Gasteiger partial charge in [0, 0.05) is 32.2 Å². The van der Waals surface area contributed by atoms with E-state index in [2.05, 4.69) is 10.6 Å². The largest absolute Gasteiger partial charge is 0.489 e. The zero-order valence-corrected chi connectivity index (χ0v) is 20.8. The molecule has 0 fully saturated rings. The summed E-state index contributed by atoms with van der Waals surface area (Å²) in [6.07, 6.45) is -4.52. The predicted molar refractivity (Wildman–Crippen MR) is 132 cm³/mol. The van der Waals surface area contributed by atoms with E-state index in [1.54, 1.807) is 23.1 Å². The average Bonchev–Trinajstić information content (AvgIpc) is 3.00. The number of rotatable bonds is 10. The first-order valence-electron chi connectivity index (χ1n) is 12.1. The van der Waals surface area contributed by atoms with Crippen molar-refractivity contribution in [2.24, 2.45) is 0 Å². The number of benzene rings is 2. The number of nitrogens with zero attached hydrogens (tertiary/aromatic N) is 2. The Balaban J connectivity index is 1.78. The molecule has 0 radical (unpaired) electrons. The summed E-state index contributed by atoms with van der Waals surface area (Å²) >= 11 is 0. The fraction of sp³-hybridized carbons (Fsp3) is 0.462. The van der Waals surface area contributed by atoms with Gasteiger partial charge in [-0.05, 0) is 30.7 Å². The van der Waals surface area contributed by atoms with E-state index in [1.165, 1.54) is 23.1 Å². The molecule has 0 spiro atoms. The van der Waals surface area contributed by atoms with Gasteiger partial charge in [-0.15, -0.1) is 0 Å². The highest BCUT2D eigenvalue weighted by Gasteiger charge is 2.33. The highest BCUT2D eigenvalue weighted by Crippen LogP contribution is 2.33. The summed E-state index contributed by atoms with van der Waals surface area (Å²) in [6, 6.07) is 10.5. The third-order valence-electron chi connectivity index (χ3n) is 5.92. The molecule has 0 saturated heterocycles. The topological polar surface area (TPSA) is 73.9 Å². The van der Waals surface area contributed by atoms with Crippen LogP contribution in [-0.4, -0.2) is 67.0 Å². The Morgan fingerprint density at radius 2 is 1.92 bits per heavy atom. The lowest BCUT2D eigenvalue weighted by Gasteiger charge is -2.26. The van der Waals surface area contributed by atoms with Crippen molar-refractivity contribution >= 4 is 17.5 Å². The van der Waals surface area contributed by atoms with Crippen molar-refractivity contribution in [3.8, 4) is 5.75 Å². The second-order valence-corrected chi connectivity index (χ2v) is 8.85. The quantitative estimate of drug-likeness (QED) is 0.510. The van der Waals surface area contributed by atoms with Crippen LogP contribution < -0.4 is 15.4 Å². The second-order valence-electron chi connectivity index (χ2n) is 8.85. The van der Waals surface area contributed by atoms with E-state index < -0.39 is 11.7 Å². The zero-order chi connectivity index (χ0) is 26.3. The van der Waals surface area contributed by atoms with Gasteiger partial charge in [0.2, 0.25) is 5.91 Å². The molecule has 36 heavy (non-hydrogen) atoms. The molecule has 0 saturated carbocycles. The van der Waals surface area contributed by atoms with Gasteiger partial charge in [0.15, 0.2) is 5.75 Å². The standard InChI is InChI=1S/C26H33F3N4O3/c1-4-32-14-15-36-24-20(25(32)35)9-7-11-22(24)31-16-23(34)33(13-12-30-18(2)3)17-19-8-5-6-10-21(19)26(27,28)29/h5-11,18,30-31H,4,12-17H2,1-3H3. The Kier molecular flexibility index (Phi) is 9.19. The molecule has 0 bridgehead atoms. The van der Waals surface area contributed by atoms with Crippen molar-refractivity contribution in [1.82, 2.24) is 15.1 Å².